The lowest BCUT2D eigenvalue weighted by atomic mass is 10.0. The molecule has 4 heteroatoms. The van der Waals surface area contributed by atoms with E-state index < -0.39 is 6.29 Å². The van der Waals surface area contributed by atoms with E-state index in [4.69, 9.17) is 9.47 Å². The monoisotopic (exact) mass is 182 g/mol. The molecule has 0 saturated carbocycles. The maximum atomic E-state index is 11.2. The third kappa shape index (κ3) is 2.11. The molecule has 70 valence electrons. The molecule has 1 aliphatic carbocycles. The van der Waals surface area contributed by atoms with Crippen LogP contribution in [0.5, 0.6) is 0 Å². The van der Waals surface area contributed by atoms with Gasteiger partial charge in [0.25, 0.3) is 0 Å². The molecule has 0 bridgehead atoms. The van der Waals surface area contributed by atoms with Crippen molar-refractivity contribution in [2.75, 3.05) is 14.2 Å². The molecule has 0 aromatic rings. The van der Waals surface area contributed by atoms with Gasteiger partial charge >= 0.3 is 0 Å². The van der Waals surface area contributed by atoms with Gasteiger partial charge in [0.1, 0.15) is 0 Å². The fraction of sp³-hybridized carbons (Fsp3) is 0.333. The van der Waals surface area contributed by atoms with Crippen LogP contribution in [0.1, 0.15) is 0 Å². The summed E-state index contributed by atoms with van der Waals surface area (Å²) < 4.78 is 9.72. The quantitative estimate of drug-likeness (QED) is 0.463. The van der Waals surface area contributed by atoms with Gasteiger partial charge in [-0.25, -0.2) is 0 Å². The van der Waals surface area contributed by atoms with Gasteiger partial charge in [0, 0.05) is 14.2 Å². The number of ether oxygens (including phenoxy) is 2. The van der Waals surface area contributed by atoms with Crippen molar-refractivity contribution in [1.82, 2.24) is 0 Å². The molecular formula is C9H10O4. The molecular weight excluding hydrogens is 172 g/mol. The number of carbonyl (C=O) groups is 2. The summed E-state index contributed by atoms with van der Waals surface area (Å²) in [5, 5.41) is 0. The molecule has 1 rings (SSSR count). The molecule has 1 aliphatic rings. The first-order valence-electron chi connectivity index (χ1n) is 3.72. The summed E-state index contributed by atoms with van der Waals surface area (Å²) >= 11 is 0. The highest BCUT2D eigenvalue weighted by Crippen LogP contribution is 2.12. The van der Waals surface area contributed by atoms with E-state index in [-0.39, 0.29) is 17.1 Å². The Morgan fingerprint density at radius 3 is 2.31 bits per heavy atom. The highest BCUT2D eigenvalue weighted by molar-refractivity contribution is 6.17. The van der Waals surface area contributed by atoms with E-state index in [0.717, 1.165) is 0 Å². The first-order chi connectivity index (χ1) is 6.19. The molecule has 0 atom stereocenters. The second-order valence-corrected chi connectivity index (χ2v) is 2.50. The minimum atomic E-state index is -0.763. The summed E-state index contributed by atoms with van der Waals surface area (Å²) in [5.74, 6) is -0.484. The van der Waals surface area contributed by atoms with Gasteiger partial charge in [-0.1, -0.05) is 0 Å². The van der Waals surface area contributed by atoms with Crippen molar-refractivity contribution >= 4 is 11.6 Å². The van der Waals surface area contributed by atoms with E-state index in [1.165, 1.54) is 32.4 Å². The second kappa shape index (κ2) is 4.11. The third-order valence-corrected chi connectivity index (χ3v) is 1.66. The highest BCUT2D eigenvalue weighted by atomic mass is 16.7. The van der Waals surface area contributed by atoms with Gasteiger partial charge < -0.3 is 9.47 Å². The number of allylic oxidation sites excluding steroid dienone is 3. The summed E-state index contributed by atoms with van der Waals surface area (Å²) in [6.45, 7) is 0. The standard InChI is InChI=1S/C9H10O4/c1-12-9(13-2)7-5-6(10)3-4-8(7)11/h3-5,9H,1-2H3. The Balaban J connectivity index is 2.89. The molecule has 0 heterocycles. The van der Waals surface area contributed by atoms with E-state index in [1.54, 1.807) is 0 Å². The van der Waals surface area contributed by atoms with Crippen LogP contribution in [0, 0.1) is 0 Å². The maximum Gasteiger partial charge on any atom is 0.187 e. The zero-order valence-corrected chi connectivity index (χ0v) is 7.44. The zero-order valence-electron chi connectivity index (χ0n) is 7.44. The topological polar surface area (TPSA) is 52.6 Å². The third-order valence-electron chi connectivity index (χ3n) is 1.66. The Morgan fingerprint density at radius 2 is 1.77 bits per heavy atom. The van der Waals surface area contributed by atoms with Crippen molar-refractivity contribution in [2.45, 2.75) is 6.29 Å². The second-order valence-electron chi connectivity index (χ2n) is 2.50. The van der Waals surface area contributed by atoms with E-state index in [0.29, 0.717) is 0 Å². The van der Waals surface area contributed by atoms with Gasteiger partial charge in [-0.2, -0.15) is 0 Å². The minimum absolute atomic E-state index is 0.228. The summed E-state index contributed by atoms with van der Waals surface area (Å²) in [7, 11) is 2.82. The van der Waals surface area contributed by atoms with Crippen LogP contribution in [0.3, 0.4) is 0 Å². The maximum absolute atomic E-state index is 11.2. The van der Waals surface area contributed by atoms with Crippen molar-refractivity contribution in [3.63, 3.8) is 0 Å². The summed E-state index contributed by atoms with van der Waals surface area (Å²) in [4.78, 5) is 22.2. The Morgan fingerprint density at radius 1 is 1.15 bits per heavy atom. The van der Waals surface area contributed by atoms with Crippen molar-refractivity contribution in [3.8, 4) is 0 Å². The Kier molecular flexibility index (Phi) is 3.11. The van der Waals surface area contributed by atoms with Crippen LogP contribution < -0.4 is 0 Å². The lowest BCUT2D eigenvalue weighted by Gasteiger charge is -2.16. The summed E-state index contributed by atoms with van der Waals surface area (Å²) in [6, 6.07) is 0. The fourth-order valence-electron chi connectivity index (χ4n) is 1.06. The normalized spacial score (nSPS) is 16.7. The molecule has 0 saturated heterocycles. The van der Waals surface area contributed by atoms with Crippen LogP contribution in [0.2, 0.25) is 0 Å². The predicted molar refractivity (Wildman–Crippen MR) is 45.0 cm³/mol. The van der Waals surface area contributed by atoms with Gasteiger partial charge in [0.2, 0.25) is 0 Å². The molecule has 0 aromatic heterocycles. The van der Waals surface area contributed by atoms with E-state index in [9.17, 15) is 9.59 Å². The zero-order chi connectivity index (χ0) is 9.84. The smallest absolute Gasteiger partial charge is 0.187 e. The highest BCUT2D eigenvalue weighted by Gasteiger charge is 2.21. The van der Waals surface area contributed by atoms with Crippen LogP contribution in [0.15, 0.2) is 23.8 Å². The molecule has 0 unspecified atom stereocenters. The molecule has 0 aliphatic heterocycles. The number of methoxy groups -OCH3 is 2. The average Bonchev–Trinajstić information content (AvgIpc) is 2.13. The largest absolute Gasteiger partial charge is 0.352 e. The van der Waals surface area contributed by atoms with Gasteiger partial charge in [-0.05, 0) is 18.2 Å². The Labute approximate surface area is 75.8 Å². The lowest BCUT2D eigenvalue weighted by Crippen LogP contribution is -2.24. The molecule has 13 heavy (non-hydrogen) atoms. The van der Waals surface area contributed by atoms with Crippen LogP contribution in [-0.2, 0) is 19.1 Å². The van der Waals surface area contributed by atoms with Gasteiger partial charge in [0.05, 0.1) is 5.57 Å². The van der Waals surface area contributed by atoms with Crippen LogP contribution >= 0.6 is 0 Å². The van der Waals surface area contributed by atoms with E-state index in [2.05, 4.69) is 0 Å². The van der Waals surface area contributed by atoms with Gasteiger partial charge in [-0.3, -0.25) is 9.59 Å². The van der Waals surface area contributed by atoms with Crippen molar-refractivity contribution in [2.24, 2.45) is 0 Å². The van der Waals surface area contributed by atoms with Crippen molar-refractivity contribution < 1.29 is 19.1 Å². The first kappa shape index (κ1) is 9.83. The van der Waals surface area contributed by atoms with E-state index in [1.807, 2.05) is 0 Å². The van der Waals surface area contributed by atoms with Crippen LogP contribution in [-0.4, -0.2) is 32.1 Å². The Hall–Kier alpha value is -1.26. The minimum Gasteiger partial charge on any atom is -0.352 e. The average molecular weight is 182 g/mol. The number of hydrogen-bond donors (Lipinski definition) is 0. The number of carbonyl (C=O) groups excluding carboxylic acids is 2. The van der Waals surface area contributed by atoms with Gasteiger partial charge in [-0.15, -0.1) is 0 Å². The van der Waals surface area contributed by atoms with Crippen LogP contribution in [0.25, 0.3) is 0 Å². The Bertz CT molecular complexity index is 284. The van der Waals surface area contributed by atoms with Gasteiger partial charge in [0.15, 0.2) is 17.9 Å². The number of hydrogen-bond acceptors (Lipinski definition) is 4. The number of rotatable bonds is 3. The first-order valence-corrected chi connectivity index (χ1v) is 3.72. The van der Waals surface area contributed by atoms with E-state index >= 15 is 0 Å². The fourth-order valence-corrected chi connectivity index (χ4v) is 1.06. The summed E-state index contributed by atoms with van der Waals surface area (Å²) in [5.41, 5.74) is 0.234. The van der Waals surface area contributed by atoms with Crippen molar-refractivity contribution in [1.29, 1.82) is 0 Å². The predicted octanol–water partition coefficient (Wildman–Crippen LogP) is 0.240. The lowest BCUT2D eigenvalue weighted by molar-refractivity contribution is -0.121. The SMILES string of the molecule is COC(OC)C1=CC(=O)C=CC1=O. The summed E-state index contributed by atoms with van der Waals surface area (Å²) in [6.07, 6.45) is 2.89. The molecule has 0 spiro atoms. The molecule has 0 aromatic carbocycles. The molecule has 0 radical (unpaired) electrons. The molecule has 4 nitrogen and oxygen atoms in total. The number of ketones is 2. The van der Waals surface area contributed by atoms with Crippen molar-refractivity contribution in [3.05, 3.63) is 23.8 Å². The van der Waals surface area contributed by atoms with Crippen LogP contribution in [0.4, 0.5) is 0 Å². The molecule has 0 amide bonds. The molecule has 0 N–H and O–H groups in total. The molecule has 0 fully saturated rings.